The molecular weight excluding hydrogens is 257 g/mol. The SMILES string of the molecule is N#Cc1ccc(C2=CC[N]CC2)cc1OC(F)(F)F. The van der Waals surface area contributed by atoms with E-state index in [-0.39, 0.29) is 5.56 Å². The van der Waals surface area contributed by atoms with Gasteiger partial charge in [0, 0.05) is 13.1 Å². The smallest absolute Gasteiger partial charge is 0.404 e. The van der Waals surface area contributed by atoms with Crippen LogP contribution in [-0.2, 0) is 0 Å². The van der Waals surface area contributed by atoms with Gasteiger partial charge in [0.15, 0.2) is 0 Å². The van der Waals surface area contributed by atoms with Crippen LogP contribution in [0.3, 0.4) is 0 Å². The van der Waals surface area contributed by atoms with E-state index in [9.17, 15) is 13.2 Å². The minimum Gasteiger partial charge on any atom is -0.404 e. The fourth-order valence-corrected chi connectivity index (χ4v) is 1.85. The van der Waals surface area contributed by atoms with Gasteiger partial charge in [-0.25, -0.2) is 5.32 Å². The predicted molar refractivity (Wildman–Crippen MR) is 62.3 cm³/mol. The van der Waals surface area contributed by atoms with Gasteiger partial charge in [-0.3, -0.25) is 0 Å². The summed E-state index contributed by atoms with van der Waals surface area (Å²) in [6.45, 7) is 1.21. The summed E-state index contributed by atoms with van der Waals surface area (Å²) in [6, 6.07) is 5.90. The molecule has 0 saturated carbocycles. The lowest BCUT2D eigenvalue weighted by Gasteiger charge is -2.15. The summed E-state index contributed by atoms with van der Waals surface area (Å²) in [7, 11) is 0. The van der Waals surface area contributed by atoms with E-state index in [2.05, 4.69) is 10.1 Å². The average Bonchev–Trinajstić information content (AvgIpc) is 2.38. The van der Waals surface area contributed by atoms with Crippen LogP contribution < -0.4 is 10.1 Å². The molecular formula is C13H10F3N2O. The molecule has 1 aromatic carbocycles. The number of alkyl halides is 3. The summed E-state index contributed by atoms with van der Waals surface area (Å²) < 4.78 is 40.7. The predicted octanol–water partition coefficient (Wildman–Crippen LogP) is 2.85. The maximum absolute atomic E-state index is 12.3. The summed E-state index contributed by atoms with van der Waals surface area (Å²) in [5.74, 6) is -0.462. The highest BCUT2D eigenvalue weighted by Crippen LogP contribution is 2.30. The Balaban J connectivity index is 2.35. The summed E-state index contributed by atoms with van der Waals surface area (Å²) >= 11 is 0. The van der Waals surface area contributed by atoms with Gasteiger partial charge >= 0.3 is 6.36 Å². The standard InChI is InChI=1S/C13H10F3N2O/c14-13(15,16)19-12-7-10(1-2-11(12)8-17)9-3-5-18-6-4-9/h1-3,7H,4-6H2. The summed E-state index contributed by atoms with van der Waals surface area (Å²) in [5.41, 5.74) is 1.42. The van der Waals surface area contributed by atoms with Crippen molar-refractivity contribution in [1.82, 2.24) is 5.32 Å². The van der Waals surface area contributed by atoms with Gasteiger partial charge in [-0.2, -0.15) is 5.26 Å². The van der Waals surface area contributed by atoms with Crippen molar-refractivity contribution in [2.75, 3.05) is 13.1 Å². The molecule has 0 N–H and O–H groups in total. The molecule has 19 heavy (non-hydrogen) atoms. The molecule has 0 atom stereocenters. The van der Waals surface area contributed by atoms with E-state index in [1.54, 1.807) is 12.1 Å². The molecule has 3 nitrogen and oxygen atoms in total. The lowest BCUT2D eigenvalue weighted by Crippen LogP contribution is -2.18. The van der Waals surface area contributed by atoms with Crippen molar-refractivity contribution in [3.63, 3.8) is 0 Å². The van der Waals surface area contributed by atoms with Gasteiger partial charge in [0.05, 0.1) is 5.56 Å². The van der Waals surface area contributed by atoms with Crippen molar-refractivity contribution in [2.45, 2.75) is 12.8 Å². The molecule has 99 valence electrons. The number of rotatable bonds is 2. The van der Waals surface area contributed by atoms with E-state index in [1.165, 1.54) is 12.1 Å². The molecule has 1 aliphatic heterocycles. The second-order valence-corrected chi connectivity index (χ2v) is 3.98. The van der Waals surface area contributed by atoms with E-state index in [0.717, 1.165) is 5.57 Å². The second kappa shape index (κ2) is 5.33. The maximum Gasteiger partial charge on any atom is 0.573 e. The monoisotopic (exact) mass is 267 g/mol. The minimum atomic E-state index is -4.81. The van der Waals surface area contributed by atoms with Crippen LogP contribution in [-0.4, -0.2) is 19.5 Å². The van der Waals surface area contributed by atoms with Crippen LogP contribution in [0.15, 0.2) is 24.3 Å². The lowest BCUT2D eigenvalue weighted by molar-refractivity contribution is -0.274. The van der Waals surface area contributed by atoms with Gasteiger partial charge in [-0.05, 0) is 29.7 Å². The van der Waals surface area contributed by atoms with Crippen molar-refractivity contribution in [2.24, 2.45) is 0 Å². The second-order valence-electron chi connectivity index (χ2n) is 3.98. The zero-order valence-electron chi connectivity index (χ0n) is 9.87. The van der Waals surface area contributed by atoms with Gasteiger partial charge in [-0.15, -0.1) is 13.2 Å². The molecule has 0 amide bonds. The van der Waals surface area contributed by atoms with Crippen molar-refractivity contribution < 1.29 is 17.9 Å². The van der Waals surface area contributed by atoms with Crippen LogP contribution >= 0.6 is 0 Å². The van der Waals surface area contributed by atoms with Crippen LogP contribution in [0.1, 0.15) is 17.5 Å². The number of nitrogens with zero attached hydrogens (tertiary/aromatic N) is 2. The highest BCUT2D eigenvalue weighted by molar-refractivity contribution is 5.69. The van der Waals surface area contributed by atoms with E-state index in [4.69, 9.17) is 5.26 Å². The Bertz CT molecular complexity index is 544. The average molecular weight is 267 g/mol. The highest BCUT2D eigenvalue weighted by Gasteiger charge is 2.32. The van der Waals surface area contributed by atoms with Gasteiger partial charge < -0.3 is 4.74 Å². The third-order valence-electron chi connectivity index (χ3n) is 2.70. The van der Waals surface area contributed by atoms with Gasteiger partial charge in [0.1, 0.15) is 11.8 Å². The van der Waals surface area contributed by atoms with Gasteiger partial charge in [0.2, 0.25) is 0 Å². The van der Waals surface area contributed by atoms with Crippen molar-refractivity contribution in [1.29, 1.82) is 5.26 Å². The Kier molecular flexibility index (Phi) is 3.76. The normalized spacial score (nSPS) is 15.6. The van der Waals surface area contributed by atoms with E-state index in [1.807, 2.05) is 6.08 Å². The van der Waals surface area contributed by atoms with Crippen molar-refractivity contribution in [3.8, 4) is 11.8 Å². The van der Waals surface area contributed by atoms with Crippen LogP contribution in [0, 0.1) is 11.3 Å². The van der Waals surface area contributed by atoms with Crippen molar-refractivity contribution in [3.05, 3.63) is 35.4 Å². The molecule has 0 saturated heterocycles. The Morgan fingerprint density at radius 3 is 2.68 bits per heavy atom. The number of ether oxygens (including phenoxy) is 1. The maximum atomic E-state index is 12.3. The fourth-order valence-electron chi connectivity index (χ4n) is 1.85. The minimum absolute atomic E-state index is 0.137. The first-order chi connectivity index (χ1) is 8.99. The molecule has 1 heterocycles. The molecule has 1 radical (unpaired) electrons. The van der Waals surface area contributed by atoms with Crippen LogP contribution in [0.5, 0.6) is 5.75 Å². The number of benzene rings is 1. The zero-order chi connectivity index (χ0) is 13.9. The van der Waals surface area contributed by atoms with E-state index >= 15 is 0 Å². The zero-order valence-corrected chi connectivity index (χ0v) is 9.87. The molecule has 0 aliphatic carbocycles. The molecule has 6 heteroatoms. The molecule has 0 bridgehead atoms. The first kappa shape index (κ1) is 13.4. The van der Waals surface area contributed by atoms with E-state index < -0.39 is 12.1 Å². The van der Waals surface area contributed by atoms with Gasteiger partial charge in [0.25, 0.3) is 0 Å². The quantitative estimate of drug-likeness (QED) is 0.827. The van der Waals surface area contributed by atoms with Crippen LogP contribution in [0.25, 0.3) is 5.57 Å². The number of hydrogen-bond donors (Lipinski definition) is 0. The first-order valence-corrected chi connectivity index (χ1v) is 5.62. The Morgan fingerprint density at radius 2 is 2.11 bits per heavy atom. The van der Waals surface area contributed by atoms with Crippen LogP contribution in [0.2, 0.25) is 0 Å². The third-order valence-corrected chi connectivity index (χ3v) is 2.70. The topological polar surface area (TPSA) is 47.1 Å². The van der Waals surface area contributed by atoms with Crippen molar-refractivity contribution >= 4 is 5.57 Å². The lowest BCUT2D eigenvalue weighted by atomic mass is 9.99. The highest BCUT2D eigenvalue weighted by atomic mass is 19.4. The molecule has 1 aromatic rings. The summed E-state index contributed by atoms with van der Waals surface area (Å²) in [6.07, 6.45) is -2.26. The number of hydrogen-bond acceptors (Lipinski definition) is 2. The summed E-state index contributed by atoms with van der Waals surface area (Å²) in [4.78, 5) is 0. The van der Waals surface area contributed by atoms with Crippen LogP contribution in [0.4, 0.5) is 13.2 Å². The largest absolute Gasteiger partial charge is 0.573 e. The third kappa shape index (κ3) is 3.48. The van der Waals surface area contributed by atoms with E-state index in [0.29, 0.717) is 25.1 Å². The fraction of sp³-hybridized carbons (Fsp3) is 0.308. The molecule has 0 aromatic heterocycles. The summed E-state index contributed by atoms with van der Waals surface area (Å²) in [5, 5.41) is 12.9. The molecule has 0 unspecified atom stereocenters. The molecule has 0 fully saturated rings. The number of nitriles is 1. The number of halogens is 3. The Morgan fingerprint density at radius 1 is 1.32 bits per heavy atom. The Hall–Kier alpha value is -2.00. The molecule has 2 rings (SSSR count). The molecule has 1 aliphatic rings. The molecule has 0 spiro atoms. The Labute approximate surface area is 108 Å². The van der Waals surface area contributed by atoms with Gasteiger partial charge in [-0.1, -0.05) is 12.1 Å². The first-order valence-electron chi connectivity index (χ1n) is 5.62.